The van der Waals surface area contributed by atoms with Crippen molar-refractivity contribution in [3.63, 3.8) is 0 Å². The second-order valence-corrected chi connectivity index (χ2v) is 5.03. The molecular formula is C13H26ClNO2. The molecule has 0 spiro atoms. The lowest BCUT2D eigenvalue weighted by Crippen LogP contribution is -2.40. The number of ether oxygens (including phenoxy) is 2. The molecule has 2 unspecified atom stereocenters. The van der Waals surface area contributed by atoms with Gasteiger partial charge in [0.05, 0.1) is 6.61 Å². The van der Waals surface area contributed by atoms with Gasteiger partial charge in [-0.1, -0.05) is 12.8 Å². The van der Waals surface area contributed by atoms with E-state index in [0.29, 0.717) is 12.0 Å². The van der Waals surface area contributed by atoms with Gasteiger partial charge in [0, 0.05) is 38.8 Å². The lowest BCUT2D eigenvalue weighted by atomic mass is 9.86. The first-order valence-corrected chi connectivity index (χ1v) is 7.28. The monoisotopic (exact) mass is 263 g/mol. The molecule has 0 aliphatic heterocycles. The third-order valence-corrected chi connectivity index (χ3v) is 3.79. The van der Waals surface area contributed by atoms with Crippen LogP contribution in [-0.4, -0.2) is 45.4 Å². The molecule has 1 fully saturated rings. The van der Waals surface area contributed by atoms with Gasteiger partial charge in [-0.05, 0) is 25.2 Å². The van der Waals surface area contributed by atoms with Crippen LogP contribution in [0.25, 0.3) is 0 Å². The molecule has 1 N–H and O–H groups in total. The quantitative estimate of drug-likeness (QED) is 0.512. The molecule has 0 heterocycles. The molecule has 1 aliphatic carbocycles. The van der Waals surface area contributed by atoms with Crippen LogP contribution in [0.1, 0.15) is 32.1 Å². The second kappa shape index (κ2) is 10.1. The molecule has 0 amide bonds. The van der Waals surface area contributed by atoms with E-state index in [1.54, 1.807) is 7.11 Å². The summed E-state index contributed by atoms with van der Waals surface area (Å²) in [5.74, 6) is 1.44. The fourth-order valence-corrected chi connectivity index (χ4v) is 2.75. The van der Waals surface area contributed by atoms with Crippen LogP contribution in [0.2, 0.25) is 0 Å². The van der Waals surface area contributed by atoms with Crippen molar-refractivity contribution in [2.45, 2.75) is 38.1 Å². The fourth-order valence-electron chi connectivity index (χ4n) is 2.38. The predicted octanol–water partition coefficient (Wildman–Crippen LogP) is 2.43. The summed E-state index contributed by atoms with van der Waals surface area (Å²) in [6.07, 6.45) is 6.18. The summed E-state index contributed by atoms with van der Waals surface area (Å²) < 4.78 is 10.5. The van der Waals surface area contributed by atoms with Crippen molar-refractivity contribution in [1.29, 1.82) is 0 Å². The van der Waals surface area contributed by atoms with Crippen LogP contribution in [0.5, 0.6) is 0 Å². The second-order valence-electron chi connectivity index (χ2n) is 4.72. The zero-order valence-corrected chi connectivity index (χ0v) is 11.7. The molecule has 2 atom stereocenters. The van der Waals surface area contributed by atoms with Crippen molar-refractivity contribution in [2.75, 3.05) is 39.4 Å². The predicted molar refractivity (Wildman–Crippen MR) is 71.8 cm³/mol. The van der Waals surface area contributed by atoms with Crippen molar-refractivity contribution in [2.24, 2.45) is 5.92 Å². The summed E-state index contributed by atoms with van der Waals surface area (Å²) in [6, 6.07) is 0.601. The molecule has 0 aromatic rings. The highest BCUT2D eigenvalue weighted by Crippen LogP contribution is 2.25. The van der Waals surface area contributed by atoms with Crippen LogP contribution in [0.4, 0.5) is 0 Å². The molecule has 17 heavy (non-hydrogen) atoms. The van der Waals surface area contributed by atoms with Gasteiger partial charge in [-0.2, -0.15) is 0 Å². The van der Waals surface area contributed by atoms with Crippen LogP contribution >= 0.6 is 11.6 Å². The first-order valence-electron chi connectivity index (χ1n) is 6.74. The fraction of sp³-hybridized carbons (Fsp3) is 1.00. The first kappa shape index (κ1) is 15.2. The normalized spacial score (nSPS) is 25.1. The van der Waals surface area contributed by atoms with Crippen LogP contribution in [-0.2, 0) is 9.47 Å². The van der Waals surface area contributed by atoms with E-state index in [-0.39, 0.29) is 0 Å². The average molecular weight is 264 g/mol. The van der Waals surface area contributed by atoms with Gasteiger partial charge in [0.15, 0.2) is 0 Å². The Labute approximate surface area is 110 Å². The third-order valence-electron chi connectivity index (χ3n) is 3.40. The molecule has 4 heteroatoms. The van der Waals surface area contributed by atoms with Gasteiger partial charge >= 0.3 is 0 Å². The number of rotatable bonds is 9. The minimum Gasteiger partial charge on any atom is -0.385 e. The third kappa shape index (κ3) is 6.61. The number of alkyl halides is 1. The summed E-state index contributed by atoms with van der Waals surface area (Å²) in [4.78, 5) is 0. The van der Waals surface area contributed by atoms with Crippen LogP contribution in [0, 0.1) is 5.92 Å². The molecule has 1 rings (SSSR count). The van der Waals surface area contributed by atoms with E-state index in [2.05, 4.69) is 5.32 Å². The van der Waals surface area contributed by atoms with E-state index < -0.39 is 0 Å². The van der Waals surface area contributed by atoms with Crippen LogP contribution in [0.15, 0.2) is 0 Å². The van der Waals surface area contributed by atoms with Gasteiger partial charge < -0.3 is 14.8 Å². The van der Waals surface area contributed by atoms with Crippen molar-refractivity contribution in [1.82, 2.24) is 5.32 Å². The molecular weight excluding hydrogens is 238 g/mol. The van der Waals surface area contributed by atoms with Gasteiger partial charge in [-0.25, -0.2) is 0 Å². The molecule has 1 aliphatic rings. The SMILES string of the molecule is COCCCOCCNC1CCCCC1CCl. The molecule has 1 saturated carbocycles. The Balaban J connectivity index is 1.97. The maximum atomic E-state index is 5.99. The molecule has 3 nitrogen and oxygen atoms in total. The molecule has 0 saturated heterocycles. The Morgan fingerprint density at radius 1 is 1.18 bits per heavy atom. The Morgan fingerprint density at radius 3 is 2.76 bits per heavy atom. The number of nitrogens with one attached hydrogen (secondary N) is 1. The molecule has 0 bridgehead atoms. The Kier molecular flexibility index (Phi) is 9.07. The standard InChI is InChI=1S/C13H26ClNO2/c1-16-8-4-9-17-10-7-15-13-6-3-2-5-12(13)11-14/h12-13,15H,2-11H2,1H3. The minimum absolute atomic E-state index is 0.601. The zero-order chi connectivity index (χ0) is 12.3. The zero-order valence-electron chi connectivity index (χ0n) is 10.9. The van der Waals surface area contributed by atoms with Crippen molar-refractivity contribution < 1.29 is 9.47 Å². The minimum atomic E-state index is 0.601. The number of halogens is 1. The summed E-state index contributed by atoms with van der Waals surface area (Å²) >= 11 is 5.99. The van der Waals surface area contributed by atoms with E-state index >= 15 is 0 Å². The highest BCUT2D eigenvalue weighted by molar-refractivity contribution is 6.18. The molecule has 0 aromatic carbocycles. The topological polar surface area (TPSA) is 30.5 Å². The van der Waals surface area contributed by atoms with Crippen molar-refractivity contribution in [3.8, 4) is 0 Å². The maximum Gasteiger partial charge on any atom is 0.0591 e. The number of methoxy groups -OCH3 is 1. The Bertz CT molecular complexity index is 181. The van der Waals surface area contributed by atoms with Crippen molar-refractivity contribution >= 4 is 11.6 Å². The van der Waals surface area contributed by atoms with E-state index in [4.69, 9.17) is 21.1 Å². The van der Waals surface area contributed by atoms with Gasteiger partial charge in [0.2, 0.25) is 0 Å². The van der Waals surface area contributed by atoms with Crippen LogP contribution < -0.4 is 5.32 Å². The maximum absolute atomic E-state index is 5.99. The van der Waals surface area contributed by atoms with E-state index in [1.165, 1.54) is 25.7 Å². The van der Waals surface area contributed by atoms with Gasteiger partial charge in [-0.3, -0.25) is 0 Å². The Hall–Kier alpha value is 0.170. The highest BCUT2D eigenvalue weighted by atomic mass is 35.5. The van der Waals surface area contributed by atoms with Gasteiger partial charge in [0.25, 0.3) is 0 Å². The number of hydrogen-bond acceptors (Lipinski definition) is 3. The van der Waals surface area contributed by atoms with Crippen LogP contribution in [0.3, 0.4) is 0 Å². The summed E-state index contributed by atoms with van der Waals surface area (Å²) in [6.45, 7) is 3.30. The average Bonchev–Trinajstić information content (AvgIpc) is 2.38. The number of hydrogen-bond donors (Lipinski definition) is 1. The summed E-state index contributed by atoms with van der Waals surface area (Å²) in [5, 5.41) is 3.57. The lowest BCUT2D eigenvalue weighted by Gasteiger charge is -2.31. The van der Waals surface area contributed by atoms with Crippen molar-refractivity contribution in [3.05, 3.63) is 0 Å². The first-order chi connectivity index (χ1) is 8.38. The van der Waals surface area contributed by atoms with E-state index in [1.807, 2.05) is 0 Å². The highest BCUT2D eigenvalue weighted by Gasteiger charge is 2.23. The van der Waals surface area contributed by atoms with Gasteiger partial charge in [0.1, 0.15) is 0 Å². The lowest BCUT2D eigenvalue weighted by molar-refractivity contribution is 0.101. The molecule has 0 aromatic heterocycles. The van der Waals surface area contributed by atoms with Gasteiger partial charge in [-0.15, -0.1) is 11.6 Å². The smallest absolute Gasteiger partial charge is 0.0591 e. The largest absolute Gasteiger partial charge is 0.385 e. The summed E-state index contributed by atoms with van der Waals surface area (Å²) in [7, 11) is 1.72. The van der Waals surface area contributed by atoms with E-state index in [9.17, 15) is 0 Å². The van der Waals surface area contributed by atoms with E-state index in [0.717, 1.165) is 38.7 Å². The molecule has 102 valence electrons. The summed E-state index contributed by atoms with van der Waals surface area (Å²) in [5.41, 5.74) is 0. The molecule has 0 radical (unpaired) electrons. The Morgan fingerprint density at radius 2 is 2.00 bits per heavy atom.